The van der Waals surface area contributed by atoms with Crippen LogP contribution in [0, 0.1) is 0 Å². The molecule has 0 amide bonds. The van der Waals surface area contributed by atoms with E-state index in [2.05, 4.69) is 193 Å². The number of hydrogen-bond donors (Lipinski definition) is 0. The van der Waals surface area contributed by atoms with E-state index in [9.17, 15) is 0 Å². The van der Waals surface area contributed by atoms with Crippen LogP contribution in [0.3, 0.4) is 0 Å². The highest BCUT2D eigenvalue weighted by molar-refractivity contribution is 5.90. The first-order valence-electron chi connectivity index (χ1n) is 19.1. The minimum absolute atomic E-state index is 0.0137. The number of anilines is 3. The summed E-state index contributed by atoms with van der Waals surface area (Å²) in [5, 5.41) is 2.49. The van der Waals surface area contributed by atoms with Crippen LogP contribution < -0.4 is 4.90 Å². The third kappa shape index (κ3) is 4.50. The lowest BCUT2D eigenvalue weighted by Crippen LogP contribution is -2.39. The summed E-state index contributed by atoms with van der Waals surface area (Å²) in [6.07, 6.45) is 4.58. The highest BCUT2D eigenvalue weighted by Crippen LogP contribution is 2.63. The maximum absolute atomic E-state index is 2.54. The average Bonchev–Trinajstić information content (AvgIpc) is 3.66. The van der Waals surface area contributed by atoms with Crippen molar-refractivity contribution >= 4 is 27.8 Å². The predicted molar refractivity (Wildman–Crippen MR) is 221 cm³/mol. The van der Waals surface area contributed by atoms with Gasteiger partial charge in [-0.05, 0) is 135 Å². The zero-order valence-corrected chi connectivity index (χ0v) is 29.7. The lowest BCUT2D eigenvalue weighted by atomic mass is 9.57. The van der Waals surface area contributed by atoms with Crippen LogP contribution in [-0.4, -0.2) is 0 Å². The average molecular weight is 678 g/mol. The van der Waals surface area contributed by atoms with E-state index < -0.39 is 0 Å². The monoisotopic (exact) mass is 677 g/mol. The zero-order chi connectivity index (χ0) is 35.0. The van der Waals surface area contributed by atoms with Crippen molar-refractivity contribution in [2.75, 3.05) is 4.90 Å². The molecule has 0 saturated heterocycles. The van der Waals surface area contributed by atoms with Crippen molar-refractivity contribution in [2.24, 2.45) is 0 Å². The van der Waals surface area contributed by atoms with Crippen molar-refractivity contribution in [3.63, 3.8) is 0 Å². The molecule has 3 aliphatic carbocycles. The van der Waals surface area contributed by atoms with Crippen LogP contribution in [0.25, 0.3) is 44.2 Å². The van der Waals surface area contributed by atoms with Gasteiger partial charge in [0.25, 0.3) is 0 Å². The first-order valence-corrected chi connectivity index (χ1v) is 19.1. The minimum Gasteiger partial charge on any atom is -0.310 e. The molecule has 53 heavy (non-hydrogen) atoms. The number of fused-ring (bicyclic) bond motifs is 11. The molecule has 2 spiro atoms. The lowest BCUT2D eigenvalue weighted by Gasteiger charge is -2.45. The Bertz CT molecular complexity index is 2630. The molecule has 0 aliphatic heterocycles. The molecule has 11 rings (SSSR count). The van der Waals surface area contributed by atoms with Crippen molar-refractivity contribution in [3.05, 3.63) is 210 Å². The topological polar surface area (TPSA) is 3.24 Å². The molecule has 8 aromatic carbocycles. The van der Waals surface area contributed by atoms with Crippen LogP contribution in [-0.2, 0) is 10.8 Å². The van der Waals surface area contributed by atoms with Crippen LogP contribution in [0.1, 0.15) is 47.9 Å². The van der Waals surface area contributed by atoms with Gasteiger partial charge in [0.05, 0.1) is 0 Å². The molecule has 0 unspecified atom stereocenters. The largest absolute Gasteiger partial charge is 0.310 e. The summed E-state index contributed by atoms with van der Waals surface area (Å²) in [4.78, 5) is 2.36. The molecule has 1 nitrogen and oxygen atoms in total. The van der Waals surface area contributed by atoms with Crippen molar-refractivity contribution in [1.29, 1.82) is 0 Å². The van der Waals surface area contributed by atoms with Crippen molar-refractivity contribution < 1.29 is 0 Å². The number of nitrogens with zero attached hydrogens (tertiary/aromatic N) is 1. The summed E-state index contributed by atoms with van der Waals surface area (Å²) in [7, 11) is 0. The quantitative estimate of drug-likeness (QED) is 0.179. The highest BCUT2D eigenvalue weighted by atomic mass is 15.1. The van der Waals surface area contributed by atoms with Crippen molar-refractivity contribution in [2.45, 2.75) is 36.5 Å². The normalized spacial score (nSPS) is 15.5. The summed E-state index contributed by atoms with van der Waals surface area (Å²) >= 11 is 0. The van der Waals surface area contributed by atoms with Gasteiger partial charge in [-0.15, -0.1) is 0 Å². The van der Waals surface area contributed by atoms with Gasteiger partial charge in [0.1, 0.15) is 0 Å². The van der Waals surface area contributed by atoms with E-state index in [0.29, 0.717) is 0 Å². The molecule has 0 radical (unpaired) electrons. The van der Waals surface area contributed by atoms with Gasteiger partial charge in [0.2, 0.25) is 0 Å². The lowest BCUT2D eigenvalue weighted by molar-refractivity contribution is 0.265. The van der Waals surface area contributed by atoms with E-state index in [1.807, 2.05) is 0 Å². The van der Waals surface area contributed by atoms with E-state index in [0.717, 1.165) is 42.7 Å². The van der Waals surface area contributed by atoms with Gasteiger partial charge in [-0.1, -0.05) is 146 Å². The van der Waals surface area contributed by atoms with Crippen molar-refractivity contribution in [3.8, 4) is 33.4 Å². The highest BCUT2D eigenvalue weighted by Gasteiger charge is 2.52. The summed E-state index contributed by atoms with van der Waals surface area (Å²) in [6.45, 7) is 0. The second kappa shape index (κ2) is 11.7. The maximum atomic E-state index is 2.54. The predicted octanol–water partition coefficient (Wildman–Crippen LogP) is 13.8. The summed E-state index contributed by atoms with van der Waals surface area (Å²) in [6, 6.07) is 70.2. The molecule has 8 aromatic rings. The Balaban J connectivity index is 0.972. The molecule has 0 N–H and O–H groups in total. The number of rotatable bonds is 4. The maximum Gasteiger partial charge on any atom is 0.0468 e. The third-order valence-corrected chi connectivity index (χ3v) is 12.9. The fourth-order valence-corrected chi connectivity index (χ4v) is 10.4. The molecule has 1 fully saturated rings. The smallest absolute Gasteiger partial charge is 0.0468 e. The Kier molecular flexibility index (Phi) is 6.70. The molecule has 1 saturated carbocycles. The van der Waals surface area contributed by atoms with Gasteiger partial charge in [-0.3, -0.25) is 0 Å². The molecule has 0 atom stereocenters. The Morgan fingerprint density at radius 1 is 0.302 bits per heavy atom. The Labute approximate surface area is 311 Å². The second-order valence-corrected chi connectivity index (χ2v) is 15.3. The van der Waals surface area contributed by atoms with Gasteiger partial charge in [-0.25, -0.2) is 0 Å². The standard InChI is InChI=1S/C52H39N/c1-2-14-40(15-3-1)53(42-28-24-36-12-4-5-13-38(36)34-42)41-26-22-37(23-27-41)39-25-29-46-45-18-8-11-21-49(45)52(50(46)35-39)32-30-51(31-33-52)47-19-9-6-16-43(47)44-17-7-10-20-48(44)51/h1-29,34-35H,30-33H2. The molecular formula is C52H39N. The van der Waals surface area contributed by atoms with Gasteiger partial charge in [-0.2, -0.15) is 0 Å². The fourth-order valence-electron chi connectivity index (χ4n) is 10.4. The first kappa shape index (κ1) is 30.4. The molecule has 0 aromatic heterocycles. The summed E-state index contributed by atoms with van der Waals surface area (Å²) < 4.78 is 0. The van der Waals surface area contributed by atoms with E-state index in [-0.39, 0.29) is 10.8 Å². The summed E-state index contributed by atoms with van der Waals surface area (Å²) in [5.74, 6) is 0. The van der Waals surface area contributed by atoms with Gasteiger partial charge in [0.15, 0.2) is 0 Å². The fraction of sp³-hybridized carbons (Fsp3) is 0.115. The van der Waals surface area contributed by atoms with E-state index in [4.69, 9.17) is 0 Å². The molecule has 0 heterocycles. The molecule has 3 aliphatic rings. The molecule has 0 bridgehead atoms. The van der Waals surface area contributed by atoms with Crippen molar-refractivity contribution in [1.82, 2.24) is 0 Å². The molecule has 252 valence electrons. The van der Waals surface area contributed by atoms with E-state index >= 15 is 0 Å². The number of hydrogen-bond acceptors (Lipinski definition) is 1. The minimum atomic E-state index is 0.0137. The van der Waals surface area contributed by atoms with Gasteiger partial charge >= 0.3 is 0 Å². The number of benzene rings is 8. The summed E-state index contributed by atoms with van der Waals surface area (Å²) in [5.41, 5.74) is 17.9. The SMILES string of the molecule is c1ccc(N(c2ccc(-c3ccc4c(c3)C3(CCC5(CC3)c3ccccc3-c3ccccc35)c3ccccc3-4)cc2)c2ccc3ccccc3c2)cc1. The van der Waals surface area contributed by atoms with E-state index in [1.165, 1.54) is 66.4 Å². The van der Waals surface area contributed by atoms with Crippen LogP contribution >= 0.6 is 0 Å². The first-order chi connectivity index (χ1) is 26.2. The Morgan fingerprint density at radius 2 is 0.755 bits per heavy atom. The third-order valence-electron chi connectivity index (χ3n) is 12.9. The zero-order valence-electron chi connectivity index (χ0n) is 29.7. The van der Waals surface area contributed by atoms with Crippen LogP contribution in [0.2, 0.25) is 0 Å². The van der Waals surface area contributed by atoms with Crippen LogP contribution in [0.4, 0.5) is 17.1 Å². The van der Waals surface area contributed by atoms with Gasteiger partial charge < -0.3 is 4.90 Å². The Hall–Kier alpha value is -6.18. The Morgan fingerprint density at radius 3 is 1.38 bits per heavy atom. The molecular weight excluding hydrogens is 639 g/mol. The van der Waals surface area contributed by atoms with Gasteiger partial charge in [0, 0.05) is 27.9 Å². The molecule has 1 heteroatoms. The number of para-hydroxylation sites is 1. The van der Waals surface area contributed by atoms with E-state index in [1.54, 1.807) is 0 Å². The van der Waals surface area contributed by atoms with Crippen LogP contribution in [0.5, 0.6) is 0 Å². The van der Waals surface area contributed by atoms with Crippen LogP contribution in [0.15, 0.2) is 188 Å². The second-order valence-electron chi connectivity index (χ2n) is 15.3.